The minimum Gasteiger partial charge on any atom is -1.00 e. The Morgan fingerprint density at radius 2 is 1.76 bits per heavy atom. The predicted molar refractivity (Wildman–Crippen MR) is 64.2 cm³/mol. The molecule has 0 heterocycles. The maximum atomic E-state index is 11.7. The highest BCUT2D eigenvalue weighted by Gasteiger charge is 2.18. The maximum absolute atomic E-state index is 11.7. The lowest BCUT2D eigenvalue weighted by atomic mass is 10.2. The third kappa shape index (κ3) is 6.63. The molecule has 4 heteroatoms. The number of nitrogens with zero attached hydrogens (tertiary/aromatic N) is 1. The highest BCUT2D eigenvalue weighted by atomic mass is 127. The van der Waals surface area contributed by atoms with Crippen molar-refractivity contribution in [1.29, 1.82) is 0 Å². The molecule has 3 nitrogen and oxygen atoms in total. The van der Waals surface area contributed by atoms with Gasteiger partial charge in [-0.05, 0) is 19.1 Å². The van der Waals surface area contributed by atoms with E-state index in [1.807, 2.05) is 25.1 Å². The Labute approximate surface area is 120 Å². The van der Waals surface area contributed by atoms with Crippen molar-refractivity contribution >= 4 is 5.97 Å². The van der Waals surface area contributed by atoms with Gasteiger partial charge in [-0.3, -0.25) is 0 Å². The maximum Gasteiger partial charge on any atom is 0.338 e. The molecule has 0 amide bonds. The van der Waals surface area contributed by atoms with Crippen LogP contribution in [0.15, 0.2) is 30.3 Å². The van der Waals surface area contributed by atoms with E-state index in [2.05, 4.69) is 21.1 Å². The van der Waals surface area contributed by atoms with Crippen molar-refractivity contribution in [1.82, 2.24) is 0 Å². The molecule has 0 aliphatic rings. The Morgan fingerprint density at radius 3 is 2.24 bits per heavy atom. The second-order valence-electron chi connectivity index (χ2n) is 5.05. The lowest BCUT2D eigenvalue weighted by molar-refractivity contribution is -0.873. The van der Waals surface area contributed by atoms with E-state index < -0.39 is 0 Å². The van der Waals surface area contributed by atoms with Crippen LogP contribution in [0.1, 0.15) is 17.3 Å². The topological polar surface area (TPSA) is 26.3 Å². The zero-order valence-corrected chi connectivity index (χ0v) is 13.0. The summed E-state index contributed by atoms with van der Waals surface area (Å²) in [6.07, 6.45) is -0.0762. The molecular formula is C13H20INO2. The third-order valence-corrected chi connectivity index (χ3v) is 2.12. The fourth-order valence-electron chi connectivity index (χ4n) is 1.63. The first kappa shape index (κ1) is 16.4. The number of rotatable bonds is 4. The van der Waals surface area contributed by atoms with Gasteiger partial charge in [0.15, 0.2) is 0 Å². The van der Waals surface area contributed by atoms with Crippen LogP contribution in [0.25, 0.3) is 0 Å². The summed E-state index contributed by atoms with van der Waals surface area (Å²) >= 11 is 0. The van der Waals surface area contributed by atoms with E-state index in [1.54, 1.807) is 12.1 Å². The molecule has 1 rings (SSSR count). The number of benzene rings is 1. The van der Waals surface area contributed by atoms with E-state index in [0.717, 1.165) is 11.0 Å². The molecular weight excluding hydrogens is 329 g/mol. The van der Waals surface area contributed by atoms with Crippen LogP contribution >= 0.6 is 0 Å². The average Bonchev–Trinajstić information content (AvgIpc) is 2.16. The van der Waals surface area contributed by atoms with Crippen LogP contribution in [0.2, 0.25) is 0 Å². The Hall–Kier alpha value is -0.620. The Morgan fingerprint density at radius 1 is 1.24 bits per heavy atom. The first-order chi connectivity index (χ1) is 7.38. The van der Waals surface area contributed by atoms with Crippen molar-refractivity contribution in [3.05, 3.63) is 35.9 Å². The van der Waals surface area contributed by atoms with Crippen LogP contribution in [0.3, 0.4) is 0 Å². The molecule has 17 heavy (non-hydrogen) atoms. The quantitative estimate of drug-likeness (QED) is 0.394. The largest absolute Gasteiger partial charge is 1.00 e. The molecule has 0 radical (unpaired) electrons. The van der Waals surface area contributed by atoms with Crippen LogP contribution in [-0.2, 0) is 4.74 Å². The van der Waals surface area contributed by atoms with Crippen molar-refractivity contribution < 1.29 is 38.0 Å². The number of quaternary nitrogens is 1. The van der Waals surface area contributed by atoms with E-state index in [9.17, 15) is 4.79 Å². The van der Waals surface area contributed by atoms with Crippen LogP contribution < -0.4 is 24.0 Å². The summed E-state index contributed by atoms with van der Waals surface area (Å²) in [6.45, 7) is 2.73. The summed E-state index contributed by atoms with van der Waals surface area (Å²) < 4.78 is 6.14. The van der Waals surface area contributed by atoms with E-state index in [-0.39, 0.29) is 36.0 Å². The van der Waals surface area contributed by atoms with Gasteiger partial charge in [0, 0.05) is 0 Å². The fourth-order valence-corrected chi connectivity index (χ4v) is 1.63. The first-order valence-electron chi connectivity index (χ1n) is 5.45. The van der Waals surface area contributed by atoms with Crippen molar-refractivity contribution in [3.63, 3.8) is 0 Å². The summed E-state index contributed by atoms with van der Waals surface area (Å²) in [5.74, 6) is -0.249. The van der Waals surface area contributed by atoms with E-state index >= 15 is 0 Å². The predicted octanol–water partition coefficient (Wildman–Crippen LogP) is -1.06. The molecule has 1 aromatic rings. The van der Waals surface area contributed by atoms with Gasteiger partial charge in [0.25, 0.3) is 0 Å². The van der Waals surface area contributed by atoms with Crippen molar-refractivity contribution in [2.45, 2.75) is 13.0 Å². The van der Waals surface area contributed by atoms with Gasteiger partial charge < -0.3 is 33.2 Å². The highest BCUT2D eigenvalue weighted by Crippen LogP contribution is 2.05. The van der Waals surface area contributed by atoms with E-state index in [4.69, 9.17) is 4.74 Å². The van der Waals surface area contributed by atoms with Gasteiger partial charge in [0.1, 0.15) is 12.6 Å². The molecule has 0 saturated heterocycles. The number of halogens is 1. The number of hydrogen-bond acceptors (Lipinski definition) is 2. The second-order valence-corrected chi connectivity index (χ2v) is 5.05. The summed E-state index contributed by atoms with van der Waals surface area (Å²) in [7, 11) is 6.23. The molecule has 0 bridgehead atoms. The van der Waals surface area contributed by atoms with Crippen molar-refractivity contribution in [2.24, 2.45) is 0 Å². The highest BCUT2D eigenvalue weighted by molar-refractivity contribution is 5.89. The van der Waals surface area contributed by atoms with Gasteiger partial charge in [0.2, 0.25) is 0 Å². The fraction of sp³-hybridized carbons (Fsp3) is 0.462. The number of esters is 1. The molecule has 0 spiro atoms. The first-order valence-corrected chi connectivity index (χ1v) is 5.45. The molecule has 1 aromatic carbocycles. The van der Waals surface area contributed by atoms with E-state index in [0.29, 0.717) is 5.56 Å². The normalized spacial score (nSPS) is 12.5. The zero-order valence-electron chi connectivity index (χ0n) is 10.8. The van der Waals surface area contributed by atoms with Crippen LogP contribution in [0.5, 0.6) is 0 Å². The summed E-state index contributed by atoms with van der Waals surface area (Å²) in [6, 6.07) is 9.08. The minimum atomic E-state index is -0.249. The number of ether oxygens (including phenoxy) is 1. The van der Waals surface area contributed by atoms with Gasteiger partial charge in [-0.1, -0.05) is 18.2 Å². The smallest absolute Gasteiger partial charge is 0.338 e. The van der Waals surface area contributed by atoms with Crippen LogP contribution in [0.4, 0.5) is 0 Å². The van der Waals surface area contributed by atoms with Gasteiger partial charge >= 0.3 is 5.97 Å². The molecule has 0 N–H and O–H groups in total. The zero-order chi connectivity index (χ0) is 12.2. The SMILES string of the molecule is CC(C[N+](C)(C)C)OC(=O)c1ccccc1.[I-]. The Bertz CT molecular complexity index is 346. The Kier molecular flexibility index (Phi) is 6.70. The van der Waals surface area contributed by atoms with Crippen molar-refractivity contribution in [3.8, 4) is 0 Å². The molecule has 0 aliphatic heterocycles. The standard InChI is InChI=1S/C13H20NO2.HI/c1-11(10-14(2,3)4)16-13(15)12-8-6-5-7-9-12;/h5-9,11H,10H2,1-4H3;1H/q+1;/p-1. The molecule has 0 fully saturated rings. The molecule has 1 unspecified atom stereocenters. The number of hydrogen-bond donors (Lipinski definition) is 0. The summed E-state index contributed by atoms with van der Waals surface area (Å²) in [5, 5.41) is 0. The average molecular weight is 349 g/mol. The van der Waals surface area contributed by atoms with Gasteiger partial charge in [-0.25, -0.2) is 4.79 Å². The third-order valence-electron chi connectivity index (χ3n) is 2.12. The Balaban J connectivity index is 0.00000256. The molecule has 1 atom stereocenters. The number of carbonyl (C=O) groups is 1. The van der Waals surface area contributed by atoms with Crippen molar-refractivity contribution in [2.75, 3.05) is 27.7 Å². The van der Waals surface area contributed by atoms with Crippen LogP contribution in [-0.4, -0.2) is 44.2 Å². The molecule has 0 aliphatic carbocycles. The van der Waals surface area contributed by atoms with Gasteiger partial charge in [0.05, 0.1) is 26.7 Å². The number of carbonyl (C=O) groups excluding carboxylic acids is 1. The molecule has 0 saturated carbocycles. The molecule has 96 valence electrons. The molecule has 0 aromatic heterocycles. The minimum absolute atomic E-state index is 0. The monoisotopic (exact) mass is 349 g/mol. The van der Waals surface area contributed by atoms with E-state index in [1.165, 1.54) is 0 Å². The van der Waals surface area contributed by atoms with Gasteiger partial charge in [-0.2, -0.15) is 0 Å². The summed E-state index contributed by atoms with van der Waals surface area (Å²) in [5.41, 5.74) is 0.607. The lowest BCUT2D eigenvalue weighted by Gasteiger charge is -2.27. The summed E-state index contributed by atoms with van der Waals surface area (Å²) in [4.78, 5) is 11.7. The second kappa shape index (κ2) is 6.96. The lowest BCUT2D eigenvalue weighted by Crippen LogP contribution is -3.00. The number of likely N-dealkylation sites (N-methyl/N-ethyl adjacent to an activating group) is 1. The van der Waals surface area contributed by atoms with Crippen LogP contribution in [0, 0.1) is 0 Å². The van der Waals surface area contributed by atoms with Gasteiger partial charge in [-0.15, -0.1) is 0 Å².